The summed E-state index contributed by atoms with van der Waals surface area (Å²) in [5.74, 6) is 0.264. The minimum atomic E-state index is 0.264. The number of hydrogen-bond donors (Lipinski definition) is 1. The number of nitrogens with zero attached hydrogens (tertiary/aromatic N) is 1. The molecule has 0 aromatic carbocycles. The average molecular weight is 228 g/mol. The second-order valence-corrected chi connectivity index (χ2v) is 4.50. The highest BCUT2D eigenvalue weighted by Crippen LogP contribution is 2.09. The van der Waals surface area contributed by atoms with Gasteiger partial charge >= 0.3 is 0 Å². The van der Waals surface area contributed by atoms with Gasteiger partial charge in [-0.15, -0.1) is 0 Å². The molecule has 4 nitrogen and oxygen atoms in total. The molecule has 1 saturated heterocycles. The van der Waals surface area contributed by atoms with Crippen LogP contribution in [0.4, 0.5) is 0 Å². The second kappa shape index (κ2) is 6.86. The van der Waals surface area contributed by atoms with Crippen LogP contribution >= 0.6 is 0 Å². The van der Waals surface area contributed by atoms with Gasteiger partial charge in [0, 0.05) is 44.8 Å². The molecular formula is C12H24N2O2. The molecule has 0 saturated carbocycles. The number of ether oxygens (including phenoxy) is 1. The second-order valence-electron chi connectivity index (χ2n) is 4.50. The summed E-state index contributed by atoms with van der Waals surface area (Å²) in [4.78, 5) is 14.0. The van der Waals surface area contributed by atoms with Crippen LogP contribution in [0, 0.1) is 0 Å². The van der Waals surface area contributed by atoms with E-state index in [2.05, 4.69) is 19.2 Å². The van der Waals surface area contributed by atoms with Crippen molar-refractivity contribution in [2.24, 2.45) is 0 Å². The summed E-state index contributed by atoms with van der Waals surface area (Å²) >= 11 is 0. The van der Waals surface area contributed by atoms with Crippen molar-refractivity contribution in [1.82, 2.24) is 10.2 Å². The van der Waals surface area contributed by atoms with Gasteiger partial charge in [-0.05, 0) is 27.2 Å². The van der Waals surface area contributed by atoms with Crippen molar-refractivity contribution in [3.05, 3.63) is 0 Å². The van der Waals surface area contributed by atoms with E-state index in [0.717, 1.165) is 26.1 Å². The van der Waals surface area contributed by atoms with Crippen LogP contribution in [0.1, 0.15) is 33.6 Å². The number of carbonyl (C=O) groups is 1. The minimum Gasteiger partial charge on any atom is -0.382 e. The summed E-state index contributed by atoms with van der Waals surface area (Å²) in [6.07, 6.45) is 1.44. The van der Waals surface area contributed by atoms with Crippen molar-refractivity contribution in [1.29, 1.82) is 0 Å². The lowest BCUT2D eigenvalue weighted by molar-refractivity contribution is -0.135. The van der Waals surface area contributed by atoms with Crippen molar-refractivity contribution < 1.29 is 9.53 Å². The van der Waals surface area contributed by atoms with E-state index in [0.29, 0.717) is 25.1 Å². The predicted octanol–water partition coefficient (Wildman–Crippen LogP) is 1.01. The molecule has 2 unspecified atom stereocenters. The Hall–Kier alpha value is -0.610. The molecule has 1 heterocycles. The number of piperazine rings is 1. The molecule has 1 aliphatic rings. The van der Waals surface area contributed by atoms with Crippen LogP contribution in [-0.4, -0.2) is 49.2 Å². The van der Waals surface area contributed by atoms with Crippen molar-refractivity contribution in [2.75, 3.05) is 26.3 Å². The molecule has 1 fully saturated rings. The van der Waals surface area contributed by atoms with Gasteiger partial charge in [-0.25, -0.2) is 0 Å². The Balaban J connectivity index is 2.28. The minimum absolute atomic E-state index is 0.264. The molecule has 16 heavy (non-hydrogen) atoms. The monoisotopic (exact) mass is 228 g/mol. The van der Waals surface area contributed by atoms with E-state index in [-0.39, 0.29) is 5.91 Å². The molecule has 2 atom stereocenters. The molecule has 94 valence electrons. The Bertz CT molecular complexity index is 221. The smallest absolute Gasteiger partial charge is 0.222 e. The molecule has 0 radical (unpaired) electrons. The first-order valence-corrected chi connectivity index (χ1v) is 6.25. The maximum atomic E-state index is 12.0. The summed E-state index contributed by atoms with van der Waals surface area (Å²) in [6.45, 7) is 9.34. The van der Waals surface area contributed by atoms with Crippen molar-refractivity contribution in [2.45, 2.75) is 45.7 Å². The van der Waals surface area contributed by atoms with Crippen LogP contribution in [-0.2, 0) is 9.53 Å². The Morgan fingerprint density at radius 3 is 2.94 bits per heavy atom. The number of hydrogen-bond acceptors (Lipinski definition) is 3. The molecule has 0 aromatic rings. The third-order valence-corrected chi connectivity index (χ3v) is 2.97. The number of carbonyl (C=O) groups excluding carboxylic acids is 1. The fourth-order valence-electron chi connectivity index (χ4n) is 1.98. The first kappa shape index (κ1) is 13.5. The van der Waals surface area contributed by atoms with E-state index in [1.807, 2.05) is 11.8 Å². The topological polar surface area (TPSA) is 41.6 Å². The Morgan fingerprint density at radius 1 is 1.50 bits per heavy atom. The highest BCUT2D eigenvalue weighted by molar-refractivity contribution is 5.76. The van der Waals surface area contributed by atoms with Crippen LogP contribution in [0.5, 0.6) is 0 Å². The predicted molar refractivity (Wildman–Crippen MR) is 64.4 cm³/mol. The zero-order valence-corrected chi connectivity index (χ0v) is 10.7. The Morgan fingerprint density at radius 2 is 2.25 bits per heavy atom. The lowest BCUT2D eigenvalue weighted by Gasteiger charge is -2.37. The SMILES string of the molecule is CCOCCCC(=O)N1CC(C)NCC1C. The largest absolute Gasteiger partial charge is 0.382 e. The summed E-state index contributed by atoms with van der Waals surface area (Å²) in [6, 6.07) is 0.725. The zero-order valence-electron chi connectivity index (χ0n) is 10.7. The van der Waals surface area contributed by atoms with Gasteiger partial charge < -0.3 is 15.0 Å². The van der Waals surface area contributed by atoms with Crippen LogP contribution in [0.2, 0.25) is 0 Å². The average Bonchev–Trinajstić information content (AvgIpc) is 2.27. The van der Waals surface area contributed by atoms with Gasteiger partial charge in [-0.1, -0.05) is 0 Å². The molecule has 1 amide bonds. The first-order chi connectivity index (χ1) is 7.65. The number of amides is 1. The summed E-state index contributed by atoms with van der Waals surface area (Å²) in [5.41, 5.74) is 0. The van der Waals surface area contributed by atoms with E-state index < -0.39 is 0 Å². The third-order valence-electron chi connectivity index (χ3n) is 2.97. The van der Waals surface area contributed by atoms with Gasteiger partial charge in [0.25, 0.3) is 0 Å². The van der Waals surface area contributed by atoms with Gasteiger partial charge in [0.15, 0.2) is 0 Å². The maximum Gasteiger partial charge on any atom is 0.222 e. The molecule has 1 rings (SSSR count). The van der Waals surface area contributed by atoms with Crippen LogP contribution in [0.3, 0.4) is 0 Å². The van der Waals surface area contributed by atoms with Gasteiger partial charge in [0.05, 0.1) is 0 Å². The normalized spacial score (nSPS) is 25.8. The molecule has 0 spiro atoms. The van der Waals surface area contributed by atoms with Gasteiger partial charge in [0.1, 0.15) is 0 Å². The van der Waals surface area contributed by atoms with Gasteiger partial charge in [-0.2, -0.15) is 0 Å². The van der Waals surface area contributed by atoms with E-state index in [9.17, 15) is 4.79 Å². The fourth-order valence-corrected chi connectivity index (χ4v) is 1.98. The molecule has 1 N–H and O–H groups in total. The lowest BCUT2D eigenvalue weighted by atomic mass is 10.1. The quantitative estimate of drug-likeness (QED) is 0.714. The number of rotatable bonds is 5. The highest BCUT2D eigenvalue weighted by atomic mass is 16.5. The summed E-state index contributed by atoms with van der Waals surface area (Å²) in [7, 11) is 0. The third kappa shape index (κ3) is 4.10. The molecular weight excluding hydrogens is 204 g/mol. The highest BCUT2D eigenvalue weighted by Gasteiger charge is 2.25. The standard InChI is InChI=1S/C12H24N2O2/c1-4-16-7-5-6-12(15)14-9-10(2)13-8-11(14)3/h10-11,13H,4-9H2,1-3H3. The summed E-state index contributed by atoms with van der Waals surface area (Å²) < 4.78 is 5.24. The molecule has 0 aromatic heterocycles. The molecule has 0 bridgehead atoms. The molecule has 1 aliphatic heterocycles. The van der Waals surface area contributed by atoms with Crippen molar-refractivity contribution in [3.8, 4) is 0 Å². The van der Waals surface area contributed by atoms with Crippen LogP contribution in [0.25, 0.3) is 0 Å². The van der Waals surface area contributed by atoms with E-state index in [1.54, 1.807) is 0 Å². The number of nitrogens with one attached hydrogen (secondary N) is 1. The van der Waals surface area contributed by atoms with Crippen molar-refractivity contribution >= 4 is 5.91 Å². The van der Waals surface area contributed by atoms with Crippen LogP contribution < -0.4 is 5.32 Å². The lowest BCUT2D eigenvalue weighted by Crippen LogP contribution is -2.56. The van der Waals surface area contributed by atoms with Crippen LogP contribution in [0.15, 0.2) is 0 Å². The fraction of sp³-hybridized carbons (Fsp3) is 0.917. The van der Waals surface area contributed by atoms with Gasteiger partial charge in [-0.3, -0.25) is 4.79 Å². The first-order valence-electron chi connectivity index (χ1n) is 6.25. The van der Waals surface area contributed by atoms with E-state index >= 15 is 0 Å². The zero-order chi connectivity index (χ0) is 12.0. The van der Waals surface area contributed by atoms with E-state index in [4.69, 9.17) is 4.74 Å². The molecule has 0 aliphatic carbocycles. The maximum absolute atomic E-state index is 12.0. The summed E-state index contributed by atoms with van der Waals surface area (Å²) in [5, 5.41) is 3.37. The van der Waals surface area contributed by atoms with E-state index in [1.165, 1.54) is 0 Å². The molecule has 4 heteroatoms. The Labute approximate surface area is 98.3 Å². The Kier molecular flexibility index (Phi) is 5.77. The van der Waals surface area contributed by atoms with Crippen molar-refractivity contribution in [3.63, 3.8) is 0 Å². The van der Waals surface area contributed by atoms with Gasteiger partial charge in [0.2, 0.25) is 5.91 Å².